The molecule has 1 aromatic heterocycles. The normalized spacial score (nSPS) is 18.9. The third-order valence-electron chi connectivity index (χ3n) is 5.77. The number of ether oxygens (including phenoxy) is 3. The largest absolute Gasteiger partial charge is 0.465 e. The predicted octanol–water partition coefficient (Wildman–Crippen LogP) is 4.03. The monoisotopic (exact) mass is 441 g/mol. The van der Waals surface area contributed by atoms with Gasteiger partial charge in [-0.25, -0.2) is 14.6 Å². The quantitative estimate of drug-likeness (QED) is 0.667. The molecule has 1 aromatic carbocycles. The smallest absolute Gasteiger partial charge is 0.410 e. The second-order valence-corrected chi connectivity index (χ2v) is 9.33. The molecule has 3 heterocycles. The zero-order chi connectivity index (χ0) is 22.9. The highest BCUT2D eigenvalue weighted by Gasteiger charge is 2.26. The van der Waals surface area contributed by atoms with Gasteiger partial charge in [0.15, 0.2) is 0 Å². The topological polar surface area (TPSA) is 82.9 Å². The molecule has 8 nitrogen and oxygen atoms in total. The van der Waals surface area contributed by atoms with Crippen molar-refractivity contribution in [3.8, 4) is 0 Å². The van der Waals surface area contributed by atoms with E-state index in [0.29, 0.717) is 25.2 Å². The van der Waals surface area contributed by atoms with Crippen LogP contribution < -0.4 is 0 Å². The van der Waals surface area contributed by atoms with Crippen molar-refractivity contribution < 1.29 is 23.8 Å². The van der Waals surface area contributed by atoms with E-state index < -0.39 is 5.60 Å². The minimum absolute atomic E-state index is 0.153. The number of amides is 1. The molecule has 2 saturated heterocycles. The van der Waals surface area contributed by atoms with Gasteiger partial charge in [0, 0.05) is 19.7 Å². The van der Waals surface area contributed by atoms with Crippen LogP contribution >= 0.6 is 0 Å². The van der Waals surface area contributed by atoms with Crippen LogP contribution in [0.25, 0.3) is 17.1 Å². The summed E-state index contributed by atoms with van der Waals surface area (Å²) in [6.07, 6.45) is 4.56. The van der Waals surface area contributed by atoms with Gasteiger partial charge >= 0.3 is 12.1 Å². The van der Waals surface area contributed by atoms with E-state index in [1.54, 1.807) is 11.0 Å². The average molecular weight is 442 g/mol. The highest BCUT2D eigenvalue weighted by Crippen LogP contribution is 2.26. The number of carbonyl (C=O) groups is 2. The molecule has 0 bridgehead atoms. The number of hydrogen-bond donors (Lipinski definition) is 0. The number of imidazole rings is 1. The summed E-state index contributed by atoms with van der Waals surface area (Å²) >= 11 is 0. The lowest BCUT2D eigenvalue weighted by atomic mass is 10.0. The van der Waals surface area contributed by atoms with E-state index >= 15 is 0 Å². The van der Waals surface area contributed by atoms with Crippen molar-refractivity contribution in [3.63, 3.8) is 0 Å². The molecule has 32 heavy (non-hydrogen) atoms. The Hall–Kier alpha value is -2.87. The molecule has 2 aromatic rings. The summed E-state index contributed by atoms with van der Waals surface area (Å²) in [7, 11) is 1.38. The van der Waals surface area contributed by atoms with Gasteiger partial charge in [0.05, 0.1) is 36.4 Å². The summed E-state index contributed by atoms with van der Waals surface area (Å²) in [5.74, 6) is 0.479. The number of benzene rings is 1. The maximum atomic E-state index is 12.3. The predicted molar refractivity (Wildman–Crippen MR) is 120 cm³/mol. The van der Waals surface area contributed by atoms with E-state index in [1.807, 2.05) is 32.9 Å². The summed E-state index contributed by atoms with van der Waals surface area (Å²) in [5, 5.41) is 0. The zero-order valence-corrected chi connectivity index (χ0v) is 19.2. The molecular formula is C24H31N3O5. The lowest BCUT2D eigenvalue weighted by molar-refractivity contribution is -0.0587. The lowest BCUT2D eigenvalue weighted by Gasteiger charge is -2.31. The van der Waals surface area contributed by atoms with Gasteiger partial charge < -0.3 is 23.7 Å². The summed E-state index contributed by atoms with van der Waals surface area (Å²) < 4.78 is 18.2. The fraction of sp³-hybridized carbons (Fsp3) is 0.542. The molecule has 0 aliphatic carbocycles. The number of hydrogen-bond acceptors (Lipinski definition) is 6. The van der Waals surface area contributed by atoms with Crippen molar-refractivity contribution in [2.75, 3.05) is 26.8 Å². The average Bonchev–Trinajstić information content (AvgIpc) is 3.05. The van der Waals surface area contributed by atoms with E-state index in [-0.39, 0.29) is 18.2 Å². The number of nitrogens with zero attached hydrogens (tertiary/aromatic N) is 3. The van der Waals surface area contributed by atoms with Crippen molar-refractivity contribution in [1.82, 2.24) is 14.5 Å². The third-order valence-corrected chi connectivity index (χ3v) is 5.77. The van der Waals surface area contributed by atoms with Crippen LogP contribution in [0.4, 0.5) is 4.79 Å². The highest BCUT2D eigenvalue weighted by atomic mass is 16.6. The number of methoxy groups -OCH3 is 1. The first-order chi connectivity index (χ1) is 15.2. The minimum Gasteiger partial charge on any atom is -0.465 e. The van der Waals surface area contributed by atoms with Crippen LogP contribution in [0.5, 0.6) is 0 Å². The SMILES string of the molecule is COC(=O)c1ccc2nc(C=C3CCN(C(=O)OC(C)(C)C)CC3)n(C[C@@H]3CCO3)c2c1. The molecule has 2 aliphatic rings. The number of likely N-dealkylation sites (tertiary alicyclic amines) is 1. The van der Waals surface area contributed by atoms with Crippen molar-refractivity contribution >= 4 is 29.2 Å². The van der Waals surface area contributed by atoms with Gasteiger partial charge in [0.1, 0.15) is 11.4 Å². The molecule has 172 valence electrons. The fourth-order valence-electron chi connectivity index (χ4n) is 3.95. The second-order valence-electron chi connectivity index (χ2n) is 9.33. The third kappa shape index (κ3) is 4.96. The molecule has 1 atom stereocenters. The summed E-state index contributed by atoms with van der Waals surface area (Å²) in [6, 6.07) is 5.42. The van der Waals surface area contributed by atoms with Crippen LogP contribution in [0, 0.1) is 0 Å². The van der Waals surface area contributed by atoms with E-state index in [0.717, 1.165) is 42.7 Å². The summed E-state index contributed by atoms with van der Waals surface area (Å²) in [5.41, 5.74) is 2.96. The zero-order valence-electron chi connectivity index (χ0n) is 19.2. The van der Waals surface area contributed by atoms with Crippen molar-refractivity contribution in [2.24, 2.45) is 0 Å². The summed E-state index contributed by atoms with van der Waals surface area (Å²) in [6.45, 7) is 8.34. The van der Waals surface area contributed by atoms with Gasteiger partial charge in [-0.2, -0.15) is 0 Å². The van der Waals surface area contributed by atoms with E-state index in [4.69, 9.17) is 19.2 Å². The highest BCUT2D eigenvalue weighted by molar-refractivity contribution is 5.94. The molecule has 4 rings (SSSR count). The Kier molecular flexibility index (Phi) is 6.24. The van der Waals surface area contributed by atoms with E-state index in [9.17, 15) is 9.59 Å². The van der Waals surface area contributed by atoms with Gasteiger partial charge in [-0.05, 0) is 64.3 Å². The lowest BCUT2D eigenvalue weighted by Crippen LogP contribution is -2.40. The standard InChI is InChI=1S/C24H31N3O5/c1-24(2,3)32-23(29)26-10-7-16(8-11-26)13-21-25-19-6-5-17(22(28)30-4)14-20(19)27(21)15-18-9-12-31-18/h5-6,13-14,18H,7-12,15H2,1-4H3/t18-/m0/s1. The Labute approximate surface area is 188 Å². The number of aromatic nitrogens is 2. The van der Waals surface area contributed by atoms with Gasteiger partial charge in [-0.15, -0.1) is 0 Å². The molecule has 0 radical (unpaired) electrons. The Morgan fingerprint density at radius 2 is 1.97 bits per heavy atom. The Morgan fingerprint density at radius 3 is 2.56 bits per heavy atom. The van der Waals surface area contributed by atoms with E-state index in [2.05, 4.69) is 10.6 Å². The van der Waals surface area contributed by atoms with Crippen LogP contribution in [-0.2, 0) is 20.8 Å². The molecule has 0 N–H and O–H groups in total. The van der Waals surface area contributed by atoms with Crippen molar-refractivity contribution in [2.45, 2.75) is 58.3 Å². The van der Waals surface area contributed by atoms with Gasteiger partial charge in [-0.1, -0.05) is 5.57 Å². The van der Waals surface area contributed by atoms with Crippen molar-refractivity contribution in [1.29, 1.82) is 0 Å². The molecule has 0 unspecified atom stereocenters. The molecular weight excluding hydrogens is 410 g/mol. The second kappa shape index (κ2) is 8.94. The molecule has 0 spiro atoms. The maximum absolute atomic E-state index is 12.3. The molecule has 8 heteroatoms. The van der Waals surface area contributed by atoms with Crippen LogP contribution in [0.1, 0.15) is 56.2 Å². The number of fused-ring (bicyclic) bond motifs is 1. The Bertz CT molecular complexity index is 1040. The number of piperidine rings is 1. The Balaban J connectivity index is 1.57. The fourth-order valence-corrected chi connectivity index (χ4v) is 3.95. The minimum atomic E-state index is -0.495. The van der Waals surface area contributed by atoms with Gasteiger partial charge in [-0.3, -0.25) is 0 Å². The van der Waals surface area contributed by atoms with Crippen LogP contribution in [0.3, 0.4) is 0 Å². The van der Waals surface area contributed by atoms with Gasteiger partial charge in [0.2, 0.25) is 0 Å². The number of carbonyl (C=O) groups excluding carboxylic acids is 2. The van der Waals surface area contributed by atoms with E-state index in [1.165, 1.54) is 12.7 Å². The molecule has 2 fully saturated rings. The first-order valence-corrected chi connectivity index (χ1v) is 11.1. The van der Waals surface area contributed by atoms with Crippen LogP contribution in [0.2, 0.25) is 0 Å². The number of esters is 1. The maximum Gasteiger partial charge on any atom is 0.410 e. The van der Waals surface area contributed by atoms with Crippen molar-refractivity contribution in [3.05, 3.63) is 35.2 Å². The Morgan fingerprint density at radius 1 is 1.25 bits per heavy atom. The van der Waals surface area contributed by atoms with Crippen LogP contribution in [0.15, 0.2) is 23.8 Å². The molecule has 0 saturated carbocycles. The first kappa shape index (κ1) is 22.3. The molecule has 2 aliphatic heterocycles. The summed E-state index contributed by atoms with van der Waals surface area (Å²) in [4.78, 5) is 30.9. The van der Waals surface area contributed by atoms with Gasteiger partial charge in [0.25, 0.3) is 0 Å². The molecule has 1 amide bonds. The number of rotatable bonds is 4. The first-order valence-electron chi connectivity index (χ1n) is 11.1. The van der Waals surface area contributed by atoms with Crippen LogP contribution in [-0.4, -0.2) is 65.0 Å².